The van der Waals surface area contributed by atoms with E-state index in [0.717, 1.165) is 5.57 Å². The third-order valence-electron chi connectivity index (χ3n) is 3.73. The summed E-state index contributed by atoms with van der Waals surface area (Å²) in [5, 5.41) is 12.0. The summed E-state index contributed by atoms with van der Waals surface area (Å²) in [6, 6.07) is 14.9. The van der Waals surface area contributed by atoms with Crippen LogP contribution in [-0.4, -0.2) is 11.7 Å². The zero-order valence-electron chi connectivity index (χ0n) is 11.1. The second-order valence-corrected chi connectivity index (χ2v) is 5.03. The Morgan fingerprint density at radius 1 is 1.17 bits per heavy atom. The van der Waals surface area contributed by atoms with Crippen LogP contribution in [0.5, 0.6) is 0 Å². The Balaban J connectivity index is 2.38. The number of hydrogen-bond acceptors (Lipinski definition) is 1. The molecule has 0 spiro atoms. The molecule has 0 aliphatic rings. The average Bonchev–Trinajstić information content (AvgIpc) is 2.38. The minimum absolute atomic E-state index is 0.131. The van der Waals surface area contributed by atoms with Crippen LogP contribution in [-0.2, 0) is 0 Å². The van der Waals surface area contributed by atoms with Gasteiger partial charge >= 0.3 is 0 Å². The Bertz CT molecular complexity index is 556. The fourth-order valence-electron chi connectivity index (χ4n) is 2.46. The third-order valence-corrected chi connectivity index (χ3v) is 3.73. The van der Waals surface area contributed by atoms with Crippen molar-refractivity contribution < 1.29 is 5.11 Å². The third kappa shape index (κ3) is 2.46. The predicted octanol–water partition coefficient (Wildman–Crippen LogP) is 4.13. The van der Waals surface area contributed by atoms with Gasteiger partial charge in [-0.25, -0.2) is 0 Å². The van der Waals surface area contributed by atoms with Crippen LogP contribution in [0.3, 0.4) is 0 Å². The van der Waals surface area contributed by atoms with Crippen LogP contribution >= 0.6 is 0 Å². The van der Waals surface area contributed by atoms with Gasteiger partial charge in [-0.3, -0.25) is 0 Å². The zero-order valence-corrected chi connectivity index (χ0v) is 11.1. The summed E-state index contributed by atoms with van der Waals surface area (Å²) >= 11 is 0. The van der Waals surface area contributed by atoms with Gasteiger partial charge < -0.3 is 5.11 Å². The highest BCUT2D eigenvalue weighted by Gasteiger charge is 2.18. The molecule has 2 atom stereocenters. The Labute approximate surface area is 109 Å². The number of rotatable bonds is 4. The second kappa shape index (κ2) is 5.36. The molecule has 0 saturated heterocycles. The lowest BCUT2D eigenvalue weighted by Crippen LogP contribution is -2.15. The van der Waals surface area contributed by atoms with Gasteiger partial charge in [0.2, 0.25) is 0 Å². The lowest BCUT2D eigenvalue weighted by molar-refractivity contribution is 0.230. The van der Waals surface area contributed by atoms with Gasteiger partial charge in [0.25, 0.3) is 0 Å². The van der Waals surface area contributed by atoms with Crippen molar-refractivity contribution in [2.45, 2.75) is 19.8 Å². The molecule has 0 aliphatic heterocycles. The molecule has 0 heterocycles. The van der Waals surface area contributed by atoms with Gasteiger partial charge in [-0.2, -0.15) is 0 Å². The zero-order chi connectivity index (χ0) is 13.1. The summed E-state index contributed by atoms with van der Waals surface area (Å²) in [7, 11) is 0. The van der Waals surface area contributed by atoms with E-state index >= 15 is 0 Å². The molecule has 1 heteroatoms. The molecule has 0 unspecified atom stereocenters. The highest BCUT2D eigenvalue weighted by atomic mass is 16.3. The van der Waals surface area contributed by atoms with E-state index in [1.54, 1.807) is 0 Å². The van der Waals surface area contributed by atoms with Crippen molar-refractivity contribution >= 4 is 10.8 Å². The SMILES string of the molecule is C=C(C)[C@@H](CO)[C@H](C)c1ccc2ccccc2c1. The lowest BCUT2D eigenvalue weighted by Gasteiger charge is -2.23. The van der Waals surface area contributed by atoms with Crippen LogP contribution in [0, 0.1) is 5.92 Å². The quantitative estimate of drug-likeness (QED) is 0.797. The number of hydrogen-bond donors (Lipinski definition) is 1. The van der Waals surface area contributed by atoms with Gasteiger partial charge in [-0.1, -0.05) is 61.5 Å². The van der Waals surface area contributed by atoms with Crippen LogP contribution in [0.25, 0.3) is 10.8 Å². The molecule has 1 nitrogen and oxygen atoms in total. The number of aliphatic hydroxyl groups excluding tert-OH is 1. The van der Waals surface area contributed by atoms with E-state index in [1.807, 2.05) is 6.92 Å². The number of aliphatic hydroxyl groups is 1. The minimum Gasteiger partial charge on any atom is -0.396 e. The van der Waals surface area contributed by atoms with E-state index in [9.17, 15) is 5.11 Å². The molecule has 0 fully saturated rings. The molecule has 0 aliphatic carbocycles. The highest BCUT2D eigenvalue weighted by Crippen LogP contribution is 2.30. The average molecular weight is 240 g/mol. The van der Waals surface area contributed by atoms with E-state index in [0.29, 0.717) is 0 Å². The Morgan fingerprint density at radius 2 is 1.83 bits per heavy atom. The van der Waals surface area contributed by atoms with E-state index < -0.39 is 0 Å². The van der Waals surface area contributed by atoms with Gasteiger partial charge in [-0.15, -0.1) is 0 Å². The summed E-state index contributed by atoms with van der Waals surface area (Å²) in [5.74, 6) is 0.420. The van der Waals surface area contributed by atoms with Crippen LogP contribution in [0.4, 0.5) is 0 Å². The standard InChI is InChI=1S/C17H20O/c1-12(2)17(11-18)13(3)15-9-8-14-6-4-5-7-16(14)10-15/h4-10,13,17-18H,1,11H2,2-3H3/t13-,17-/m1/s1. The van der Waals surface area contributed by atoms with E-state index in [4.69, 9.17) is 0 Å². The highest BCUT2D eigenvalue weighted by molar-refractivity contribution is 5.83. The molecule has 18 heavy (non-hydrogen) atoms. The van der Waals surface area contributed by atoms with E-state index in [2.05, 4.69) is 56.0 Å². The van der Waals surface area contributed by atoms with Crippen molar-refractivity contribution in [2.75, 3.05) is 6.61 Å². The molecular formula is C17H20O. The normalized spacial score (nSPS) is 14.4. The van der Waals surface area contributed by atoms with Gasteiger partial charge in [0.1, 0.15) is 0 Å². The summed E-state index contributed by atoms with van der Waals surface area (Å²) < 4.78 is 0. The summed E-state index contributed by atoms with van der Waals surface area (Å²) in [5.41, 5.74) is 2.30. The topological polar surface area (TPSA) is 20.2 Å². The van der Waals surface area contributed by atoms with Crippen molar-refractivity contribution in [1.29, 1.82) is 0 Å². The largest absolute Gasteiger partial charge is 0.396 e. The molecule has 0 aromatic heterocycles. The van der Waals surface area contributed by atoms with E-state index in [1.165, 1.54) is 16.3 Å². The fourth-order valence-corrected chi connectivity index (χ4v) is 2.46. The van der Waals surface area contributed by atoms with E-state index in [-0.39, 0.29) is 18.4 Å². The maximum absolute atomic E-state index is 9.48. The molecule has 0 amide bonds. The predicted molar refractivity (Wildman–Crippen MR) is 77.8 cm³/mol. The summed E-state index contributed by atoms with van der Waals surface area (Å²) in [4.78, 5) is 0. The first-order valence-electron chi connectivity index (χ1n) is 6.38. The molecule has 0 bridgehead atoms. The molecule has 2 rings (SSSR count). The lowest BCUT2D eigenvalue weighted by atomic mass is 9.83. The van der Waals surface area contributed by atoms with Crippen LogP contribution < -0.4 is 0 Å². The first-order valence-corrected chi connectivity index (χ1v) is 6.38. The van der Waals surface area contributed by atoms with Gasteiger partial charge in [-0.05, 0) is 29.2 Å². The van der Waals surface area contributed by atoms with Crippen molar-refractivity contribution in [3.05, 3.63) is 60.2 Å². The monoisotopic (exact) mass is 240 g/mol. The molecular weight excluding hydrogens is 220 g/mol. The minimum atomic E-state index is 0.131. The van der Waals surface area contributed by atoms with Gasteiger partial charge in [0.15, 0.2) is 0 Å². The Kier molecular flexibility index (Phi) is 3.83. The second-order valence-electron chi connectivity index (χ2n) is 5.03. The van der Waals surface area contributed by atoms with Gasteiger partial charge in [0, 0.05) is 5.92 Å². The van der Waals surface area contributed by atoms with Crippen LogP contribution in [0.1, 0.15) is 25.3 Å². The Morgan fingerprint density at radius 3 is 2.44 bits per heavy atom. The Hall–Kier alpha value is -1.60. The number of fused-ring (bicyclic) bond motifs is 1. The summed E-state index contributed by atoms with van der Waals surface area (Å²) in [6.45, 7) is 8.27. The first-order chi connectivity index (χ1) is 8.63. The summed E-state index contributed by atoms with van der Waals surface area (Å²) in [6.07, 6.45) is 0. The van der Waals surface area contributed by atoms with Crippen molar-refractivity contribution in [1.82, 2.24) is 0 Å². The molecule has 0 saturated carbocycles. The van der Waals surface area contributed by atoms with Crippen molar-refractivity contribution in [3.8, 4) is 0 Å². The molecule has 1 N–H and O–H groups in total. The molecule has 0 radical (unpaired) electrons. The maximum Gasteiger partial charge on any atom is 0.0502 e. The van der Waals surface area contributed by atoms with Crippen LogP contribution in [0.2, 0.25) is 0 Å². The number of benzene rings is 2. The molecule has 94 valence electrons. The van der Waals surface area contributed by atoms with Crippen molar-refractivity contribution in [2.24, 2.45) is 5.92 Å². The molecule has 2 aromatic rings. The smallest absolute Gasteiger partial charge is 0.0502 e. The maximum atomic E-state index is 9.48. The fraction of sp³-hybridized carbons (Fsp3) is 0.294. The van der Waals surface area contributed by atoms with Crippen LogP contribution in [0.15, 0.2) is 54.6 Å². The van der Waals surface area contributed by atoms with Gasteiger partial charge in [0.05, 0.1) is 6.61 Å². The first kappa shape index (κ1) is 12.8. The van der Waals surface area contributed by atoms with Crippen molar-refractivity contribution in [3.63, 3.8) is 0 Å². The molecule has 2 aromatic carbocycles.